The molecule has 0 radical (unpaired) electrons. The summed E-state index contributed by atoms with van der Waals surface area (Å²) in [6.07, 6.45) is 0.219. The molecule has 1 heterocycles. The van der Waals surface area contributed by atoms with Crippen LogP contribution in [0, 0.1) is 0 Å². The number of para-hydroxylation sites is 2. The fourth-order valence-corrected chi connectivity index (χ4v) is 4.99. The SMILES string of the molecule is O=c1c(Cc2ccccc2)c(OS(=O)(=O)c2ccccc2)c2ccccc2n1-c1ccccc1. The lowest BCUT2D eigenvalue weighted by Gasteiger charge is -2.18. The average molecular weight is 468 g/mol. The van der Waals surface area contributed by atoms with E-state index in [1.807, 2.05) is 66.7 Å². The van der Waals surface area contributed by atoms with E-state index in [0.29, 0.717) is 16.6 Å². The predicted octanol–water partition coefficient (Wildman–Crippen LogP) is 5.35. The number of pyridine rings is 1. The number of hydrogen-bond acceptors (Lipinski definition) is 4. The Morgan fingerprint density at radius 2 is 1.24 bits per heavy atom. The zero-order valence-corrected chi connectivity index (χ0v) is 19.0. The quantitative estimate of drug-likeness (QED) is 0.316. The van der Waals surface area contributed by atoms with Crippen molar-refractivity contribution in [3.63, 3.8) is 0 Å². The lowest BCUT2D eigenvalue weighted by atomic mass is 10.0. The standard InChI is InChI=1S/C28H21NO4S/c30-28-25(20-21-12-4-1-5-13-21)27(33-34(31,32)23-16-8-3-9-17-23)24-18-10-11-19-26(24)29(28)22-14-6-2-7-15-22/h1-19H,20H2. The topological polar surface area (TPSA) is 65.4 Å². The van der Waals surface area contributed by atoms with Crippen LogP contribution in [0.1, 0.15) is 11.1 Å². The molecule has 0 bridgehead atoms. The van der Waals surface area contributed by atoms with E-state index in [0.717, 1.165) is 5.56 Å². The number of hydrogen-bond donors (Lipinski definition) is 0. The molecule has 0 saturated carbocycles. The number of fused-ring (bicyclic) bond motifs is 1. The lowest BCUT2D eigenvalue weighted by molar-refractivity contribution is 0.485. The lowest BCUT2D eigenvalue weighted by Crippen LogP contribution is -2.25. The molecule has 0 saturated heterocycles. The molecule has 6 heteroatoms. The molecule has 168 valence electrons. The first-order valence-electron chi connectivity index (χ1n) is 10.8. The summed E-state index contributed by atoms with van der Waals surface area (Å²) in [6, 6.07) is 33.9. The van der Waals surface area contributed by atoms with Crippen molar-refractivity contribution < 1.29 is 12.6 Å². The van der Waals surface area contributed by atoms with Gasteiger partial charge in [-0.2, -0.15) is 8.42 Å². The molecule has 0 aliphatic heterocycles. The third-order valence-electron chi connectivity index (χ3n) is 5.59. The van der Waals surface area contributed by atoms with Gasteiger partial charge < -0.3 is 4.18 Å². The first kappa shape index (κ1) is 21.7. The second kappa shape index (κ2) is 9.00. The molecule has 0 N–H and O–H groups in total. The Kier molecular flexibility index (Phi) is 5.74. The smallest absolute Gasteiger partial charge is 0.339 e. The van der Waals surface area contributed by atoms with E-state index < -0.39 is 10.1 Å². The molecule has 0 atom stereocenters. The van der Waals surface area contributed by atoms with Gasteiger partial charge in [0.05, 0.1) is 11.1 Å². The highest BCUT2D eigenvalue weighted by atomic mass is 32.2. The molecule has 5 aromatic rings. The fraction of sp³-hybridized carbons (Fsp3) is 0.0357. The van der Waals surface area contributed by atoms with Crippen molar-refractivity contribution in [2.45, 2.75) is 11.3 Å². The van der Waals surface area contributed by atoms with Gasteiger partial charge in [0.25, 0.3) is 5.56 Å². The summed E-state index contributed by atoms with van der Waals surface area (Å²) >= 11 is 0. The number of aromatic nitrogens is 1. The molecule has 4 aromatic carbocycles. The van der Waals surface area contributed by atoms with Crippen LogP contribution in [0.2, 0.25) is 0 Å². The normalized spacial score (nSPS) is 11.4. The first-order chi connectivity index (χ1) is 16.5. The molecular formula is C28H21NO4S. The van der Waals surface area contributed by atoms with Crippen molar-refractivity contribution in [3.05, 3.63) is 137 Å². The molecular weight excluding hydrogens is 446 g/mol. The van der Waals surface area contributed by atoms with E-state index in [2.05, 4.69) is 0 Å². The number of nitrogens with zero attached hydrogens (tertiary/aromatic N) is 1. The van der Waals surface area contributed by atoms with E-state index in [1.54, 1.807) is 41.0 Å². The molecule has 1 aromatic heterocycles. The van der Waals surface area contributed by atoms with Gasteiger partial charge >= 0.3 is 10.1 Å². The maximum absolute atomic E-state index is 13.9. The minimum absolute atomic E-state index is 0.0250. The van der Waals surface area contributed by atoms with E-state index in [9.17, 15) is 13.2 Å². The zero-order chi connectivity index (χ0) is 23.5. The molecule has 5 rings (SSSR count). The van der Waals surface area contributed by atoms with Crippen molar-refractivity contribution in [2.75, 3.05) is 0 Å². The van der Waals surface area contributed by atoms with Crippen molar-refractivity contribution in [1.29, 1.82) is 0 Å². The Labute approximate surface area is 197 Å². The van der Waals surface area contributed by atoms with E-state index in [-0.39, 0.29) is 28.2 Å². The second-order valence-corrected chi connectivity index (χ2v) is 9.36. The Morgan fingerprint density at radius 3 is 1.91 bits per heavy atom. The molecule has 34 heavy (non-hydrogen) atoms. The van der Waals surface area contributed by atoms with Crippen LogP contribution in [-0.4, -0.2) is 13.0 Å². The van der Waals surface area contributed by atoms with Crippen molar-refractivity contribution in [1.82, 2.24) is 4.57 Å². The van der Waals surface area contributed by atoms with E-state index in [4.69, 9.17) is 4.18 Å². The summed E-state index contributed by atoms with van der Waals surface area (Å²) < 4.78 is 33.7. The van der Waals surface area contributed by atoms with Gasteiger partial charge in [0.15, 0.2) is 5.75 Å². The van der Waals surface area contributed by atoms with Crippen molar-refractivity contribution in [3.8, 4) is 11.4 Å². The van der Waals surface area contributed by atoms with E-state index >= 15 is 0 Å². The Morgan fingerprint density at radius 1 is 0.676 bits per heavy atom. The van der Waals surface area contributed by atoms with Gasteiger partial charge in [-0.15, -0.1) is 0 Å². The van der Waals surface area contributed by atoms with Gasteiger partial charge in [-0.05, 0) is 42.0 Å². The number of benzene rings is 4. The van der Waals surface area contributed by atoms with Crippen LogP contribution in [0.25, 0.3) is 16.6 Å². The van der Waals surface area contributed by atoms with Crippen LogP contribution in [0.5, 0.6) is 5.75 Å². The Hall–Kier alpha value is -4.16. The van der Waals surface area contributed by atoms with Crippen LogP contribution in [-0.2, 0) is 16.5 Å². The van der Waals surface area contributed by atoms with Crippen molar-refractivity contribution >= 4 is 21.0 Å². The average Bonchev–Trinajstić information content (AvgIpc) is 2.88. The summed E-state index contributed by atoms with van der Waals surface area (Å²) in [5.74, 6) is 0.0560. The van der Waals surface area contributed by atoms with Gasteiger partial charge in [-0.3, -0.25) is 9.36 Å². The maximum atomic E-state index is 13.9. The zero-order valence-electron chi connectivity index (χ0n) is 18.2. The fourth-order valence-electron chi connectivity index (χ4n) is 3.99. The van der Waals surface area contributed by atoms with Crippen molar-refractivity contribution in [2.24, 2.45) is 0 Å². The minimum atomic E-state index is -4.16. The molecule has 0 amide bonds. The Balaban J connectivity index is 1.80. The molecule has 0 unspecified atom stereocenters. The largest absolute Gasteiger partial charge is 0.378 e. The number of rotatable bonds is 6. The van der Waals surface area contributed by atoms with Gasteiger partial charge in [0.1, 0.15) is 4.90 Å². The van der Waals surface area contributed by atoms with E-state index in [1.165, 1.54) is 12.1 Å². The third kappa shape index (κ3) is 4.11. The minimum Gasteiger partial charge on any atom is -0.378 e. The molecule has 0 aliphatic carbocycles. The summed E-state index contributed by atoms with van der Waals surface area (Å²) in [6.45, 7) is 0. The summed E-state index contributed by atoms with van der Waals surface area (Å²) in [7, 11) is -4.16. The maximum Gasteiger partial charge on any atom is 0.339 e. The molecule has 0 aliphatic rings. The molecule has 0 fully saturated rings. The highest BCUT2D eigenvalue weighted by Crippen LogP contribution is 2.33. The summed E-state index contributed by atoms with van der Waals surface area (Å²) in [5, 5.41) is 0.538. The monoisotopic (exact) mass is 467 g/mol. The molecule has 0 spiro atoms. The first-order valence-corrected chi connectivity index (χ1v) is 12.2. The molecule has 5 nitrogen and oxygen atoms in total. The third-order valence-corrected chi connectivity index (χ3v) is 6.82. The van der Waals surface area contributed by atoms with Crippen LogP contribution in [0.3, 0.4) is 0 Å². The van der Waals surface area contributed by atoms with Gasteiger partial charge in [0, 0.05) is 17.5 Å². The van der Waals surface area contributed by atoms with Crippen LogP contribution in [0.4, 0.5) is 0 Å². The van der Waals surface area contributed by atoms with Gasteiger partial charge in [-0.25, -0.2) is 0 Å². The highest BCUT2D eigenvalue weighted by molar-refractivity contribution is 7.87. The second-order valence-electron chi connectivity index (χ2n) is 7.81. The van der Waals surface area contributed by atoms with Gasteiger partial charge in [0.2, 0.25) is 0 Å². The van der Waals surface area contributed by atoms with Gasteiger partial charge in [-0.1, -0.05) is 78.9 Å². The summed E-state index contributed by atoms with van der Waals surface area (Å²) in [5.41, 5.74) is 2.07. The van der Waals surface area contributed by atoms with Crippen LogP contribution >= 0.6 is 0 Å². The van der Waals surface area contributed by atoms with Crippen LogP contribution < -0.4 is 9.74 Å². The van der Waals surface area contributed by atoms with Crippen LogP contribution in [0.15, 0.2) is 125 Å². The predicted molar refractivity (Wildman–Crippen MR) is 133 cm³/mol. The Bertz CT molecular complexity index is 1610. The summed E-state index contributed by atoms with van der Waals surface area (Å²) in [4.78, 5) is 13.9. The highest BCUT2D eigenvalue weighted by Gasteiger charge is 2.25.